The molecule has 138 valence electrons. The van der Waals surface area contributed by atoms with Crippen molar-refractivity contribution in [3.63, 3.8) is 0 Å². The van der Waals surface area contributed by atoms with E-state index >= 15 is 0 Å². The number of carboxylic acid groups (broad SMARTS) is 1. The van der Waals surface area contributed by atoms with Crippen LogP contribution in [0.2, 0.25) is 0 Å². The molecule has 1 aromatic rings. The van der Waals surface area contributed by atoms with Crippen LogP contribution >= 0.6 is 0 Å². The molecule has 0 saturated heterocycles. The molecule has 1 aliphatic rings. The third-order valence-corrected chi connectivity index (χ3v) is 4.51. The first-order valence-electron chi connectivity index (χ1n) is 8.43. The summed E-state index contributed by atoms with van der Waals surface area (Å²) in [6.45, 7) is 9.14. The van der Waals surface area contributed by atoms with E-state index in [1.54, 1.807) is 13.8 Å². The van der Waals surface area contributed by atoms with E-state index in [1.807, 2.05) is 20.8 Å². The van der Waals surface area contributed by atoms with Gasteiger partial charge >= 0.3 is 11.9 Å². The van der Waals surface area contributed by atoms with Crippen LogP contribution in [0, 0.1) is 20.8 Å². The molecule has 1 aromatic carbocycles. The fourth-order valence-electron chi connectivity index (χ4n) is 3.19. The maximum atomic E-state index is 11.9. The van der Waals surface area contributed by atoms with Crippen molar-refractivity contribution >= 4 is 11.9 Å². The maximum absolute atomic E-state index is 11.9. The summed E-state index contributed by atoms with van der Waals surface area (Å²) in [6, 6.07) is 0. The van der Waals surface area contributed by atoms with E-state index < -0.39 is 17.5 Å². The number of benzene rings is 1. The van der Waals surface area contributed by atoms with Crippen molar-refractivity contribution < 1.29 is 29.3 Å². The molecule has 1 heterocycles. The normalized spacial score (nSPS) is 16.3. The van der Waals surface area contributed by atoms with Gasteiger partial charge in [0.05, 0.1) is 18.4 Å². The van der Waals surface area contributed by atoms with Crippen LogP contribution in [-0.2, 0) is 16.0 Å². The van der Waals surface area contributed by atoms with Gasteiger partial charge in [0.2, 0.25) is 0 Å². The van der Waals surface area contributed by atoms with Gasteiger partial charge in [-0.1, -0.05) is 0 Å². The molecular weight excluding hydrogens is 324 g/mol. The Morgan fingerprint density at radius 2 is 1.80 bits per heavy atom. The molecule has 1 aliphatic heterocycles. The zero-order valence-electron chi connectivity index (χ0n) is 15.4. The molecule has 0 bridgehead atoms. The van der Waals surface area contributed by atoms with Gasteiger partial charge < -0.3 is 19.7 Å². The second-order valence-electron chi connectivity index (χ2n) is 7.34. The number of rotatable bonds is 6. The van der Waals surface area contributed by atoms with Crippen molar-refractivity contribution in [1.29, 1.82) is 0 Å². The Hall–Kier alpha value is -2.08. The van der Waals surface area contributed by atoms with Crippen molar-refractivity contribution in [2.45, 2.75) is 72.0 Å². The number of aliphatic hydroxyl groups is 1. The van der Waals surface area contributed by atoms with Crippen LogP contribution in [0.4, 0.5) is 0 Å². The minimum atomic E-state index is -1.03. The summed E-state index contributed by atoms with van der Waals surface area (Å²) < 4.78 is 11.5. The van der Waals surface area contributed by atoms with Crippen LogP contribution in [0.25, 0.3) is 0 Å². The van der Waals surface area contributed by atoms with Crippen molar-refractivity contribution in [2.24, 2.45) is 0 Å². The van der Waals surface area contributed by atoms with Crippen molar-refractivity contribution in [3.8, 4) is 11.5 Å². The van der Waals surface area contributed by atoms with Gasteiger partial charge in [-0.25, -0.2) is 0 Å². The summed E-state index contributed by atoms with van der Waals surface area (Å²) in [6.07, 6.45) is 0.615. The highest BCUT2D eigenvalue weighted by Gasteiger charge is 2.33. The Balaban J connectivity index is 2.26. The fourth-order valence-corrected chi connectivity index (χ4v) is 3.19. The van der Waals surface area contributed by atoms with Crippen molar-refractivity contribution in [3.05, 3.63) is 22.3 Å². The van der Waals surface area contributed by atoms with Crippen LogP contribution in [0.15, 0.2) is 0 Å². The molecule has 0 fully saturated rings. The Morgan fingerprint density at radius 1 is 1.16 bits per heavy atom. The number of carboxylic acids is 1. The zero-order chi connectivity index (χ0) is 18.9. The lowest BCUT2D eigenvalue weighted by molar-refractivity contribution is -0.142. The Kier molecular flexibility index (Phi) is 5.42. The molecule has 6 heteroatoms. The minimum Gasteiger partial charge on any atom is -0.489 e. The summed E-state index contributed by atoms with van der Waals surface area (Å²) in [5.41, 5.74) is 2.71. The zero-order valence-corrected chi connectivity index (χ0v) is 15.4. The SMILES string of the molecule is Cc1c(C)c2c(c(C)c1OC(=O)CCC(=O)O)CC(CC(C)(C)O)O2. The van der Waals surface area contributed by atoms with Gasteiger partial charge in [0, 0.05) is 18.4 Å². The van der Waals surface area contributed by atoms with Gasteiger partial charge in [-0.2, -0.15) is 0 Å². The average Bonchev–Trinajstić information content (AvgIpc) is 2.89. The van der Waals surface area contributed by atoms with Crippen molar-refractivity contribution in [2.75, 3.05) is 0 Å². The number of fused-ring (bicyclic) bond motifs is 1. The van der Waals surface area contributed by atoms with Gasteiger partial charge in [0.25, 0.3) is 0 Å². The fraction of sp³-hybridized carbons (Fsp3) is 0.579. The molecule has 6 nitrogen and oxygen atoms in total. The lowest BCUT2D eigenvalue weighted by Crippen LogP contribution is -2.28. The largest absolute Gasteiger partial charge is 0.489 e. The van der Waals surface area contributed by atoms with Gasteiger partial charge in [-0.05, 0) is 51.3 Å². The van der Waals surface area contributed by atoms with Gasteiger partial charge in [-0.3, -0.25) is 9.59 Å². The number of carbonyl (C=O) groups is 2. The third kappa shape index (κ3) is 4.51. The first-order chi connectivity index (χ1) is 11.5. The van der Waals surface area contributed by atoms with E-state index in [-0.39, 0.29) is 18.9 Å². The van der Waals surface area contributed by atoms with Crippen LogP contribution < -0.4 is 9.47 Å². The predicted octanol–water partition coefficient (Wildman–Crippen LogP) is 2.85. The highest BCUT2D eigenvalue weighted by atomic mass is 16.5. The molecule has 0 spiro atoms. The minimum absolute atomic E-state index is 0.121. The summed E-state index contributed by atoms with van der Waals surface area (Å²) in [7, 11) is 0. The molecule has 2 rings (SSSR count). The predicted molar refractivity (Wildman–Crippen MR) is 92.2 cm³/mol. The van der Waals surface area contributed by atoms with Gasteiger partial charge in [0.1, 0.15) is 17.6 Å². The number of ether oxygens (including phenoxy) is 2. The van der Waals surface area contributed by atoms with E-state index in [9.17, 15) is 14.7 Å². The highest BCUT2D eigenvalue weighted by Crippen LogP contribution is 2.43. The Morgan fingerprint density at radius 3 is 2.36 bits per heavy atom. The van der Waals surface area contributed by atoms with E-state index in [4.69, 9.17) is 14.6 Å². The number of hydrogen-bond acceptors (Lipinski definition) is 5. The standard InChI is InChI=1S/C19H26O6/c1-10-11(2)18-14(8-13(24-18)9-19(4,5)23)12(3)17(10)25-16(22)7-6-15(20)21/h13,23H,6-9H2,1-5H3,(H,20,21). The number of carbonyl (C=O) groups excluding carboxylic acids is 1. The number of esters is 1. The Labute approximate surface area is 147 Å². The van der Waals surface area contributed by atoms with Gasteiger partial charge in [0.15, 0.2) is 0 Å². The first kappa shape index (κ1) is 19.2. The molecule has 0 amide bonds. The smallest absolute Gasteiger partial charge is 0.311 e. The van der Waals surface area contributed by atoms with Crippen LogP contribution in [0.5, 0.6) is 11.5 Å². The monoisotopic (exact) mass is 350 g/mol. The molecule has 1 atom stereocenters. The number of hydrogen-bond donors (Lipinski definition) is 2. The summed E-state index contributed by atoms with van der Waals surface area (Å²) >= 11 is 0. The van der Waals surface area contributed by atoms with E-state index in [1.165, 1.54) is 0 Å². The second kappa shape index (κ2) is 7.04. The quantitative estimate of drug-likeness (QED) is 0.605. The molecule has 2 N–H and O–H groups in total. The first-order valence-corrected chi connectivity index (χ1v) is 8.43. The third-order valence-electron chi connectivity index (χ3n) is 4.51. The molecule has 1 unspecified atom stereocenters. The molecule has 0 aromatic heterocycles. The average molecular weight is 350 g/mol. The van der Waals surface area contributed by atoms with Gasteiger partial charge in [-0.15, -0.1) is 0 Å². The lowest BCUT2D eigenvalue weighted by Gasteiger charge is -2.21. The highest BCUT2D eigenvalue weighted by molar-refractivity contribution is 5.79. The maximum Gasteiger partial charge on any atom is 0.311 e. The lowest BCUT2D eigenvalue weighted by atomic mass is 9.93. The van der Waals surface area contributed by atoms with E-state index in [2.05, 4.69) is 0 Å². The van der Waals surface area contributed by atoms with E-state index in [0.717, 1.165) is 28.0 Å². The topological polar surface area (TPSA) is 93.1 Å². The summed E-state index contributed by atoms with van der Waals surface area (Å²) in [5, 5.41) is 18.7. The van der Waals surface area contributed by atoms with Crippen molar-refractivity contribution in [1.82, 2.24) is 0 Å². The molecule has 0 aliphatic carbocycles. The van der Waals surface area contributed by atoms with Crippen LogP contribution in [0.3, 0.4) is 0 Å². The van der Waals surface area contributed by atoms with E-state index in [0.29, 0.717) is 18.6 Å². The molecule has 25 heavy (non-hydrogen) atoms. The van der Waals surface area contributed by atoms with Crippen LogP contribution in [-0.4, -0.2) is 33.9 Å². The molecular formula is C19H26O6. The van der Waals surface area contributed by atoms with Crippen LogP contribution in [0.1, 0.15) is 55.4 Å². The summed E-state index contributed by atoms with van der Waals surface area (Å²) in [5.74, 6) is -0.299. The summed E-state index contributed by atoms with van der Waals surface area (Å²) in [4.78, 5) is 22.5. The second-order valence-corrected chi connectivity index (χ2v) is 7.34. The molecule has 0 radical (unpaired) electrons. The Bertz CT molecular complexity index is 699. The number of aliphatic carboxylic acids is 1. The molecule has 0 saturated carbocycles.